The molecular formula is C25H29ClF2N6O3. The van der Waals surface area contributed by atoms with Gasteiger partial charge >= 0.3 is 0 Å². The smallest absolute Gasteiger partial charge is 0.293 e. The van der Waals surface area contributed by atoms with E-state index < -0.39 is 23.0 Å². The number of amides is 1. The molecule has 3 aromatic rings. The van der Waals surface area contributed by atoms with E-state index in [1.807, 2.05) is 4.90 Å². The van der Waals surface area contributed by atoms with Crippen molar-refractivity contribution in [2.24, 2.45) is 0 Å². The Morgan fingerprint density at radius 1 is 1.30 bits per heavy atom. The molecule has 37 heavy (non-hydrogen) atoms. The summed E-state index contributed by atoms with van der Waals surface area (Å²) in [6, 6.07) is 4.10. The highest BCUT2D eigenvalue weighted by Crippen LogP contribution is 2.33. The van der Waals surface area contributed by atoms with E-state index in [1.54, 1.807) is 26.8 Å². The summed E-state index contributed by atoms with van der Waals surface area (Å²) >= 11 is 6.31. The maximum Gasteiger partial charge on any atom is 0.293 e. The third kappa shape index (κ3) is 5.61. The van der Waals surface area contributed by atoms with Crippen LogP contribution in [0.4, 0.5) is 26.2 Å². The van der Waals surface area contributed by atoms with Crippen LogP contribution in [0.2, 0.25) is 5.02 Å². The van der Waals surface area contributed by atoms with Crippen molar-refractivity contribution < 1.29 is 18.3 Å². The molecule has 1 aliphatic heterocycles. The predicted molar refractivity (Wildman–Crippen MR) is 139 cm³/mol. The van der Waals surface area contributed by atoms with Gasteiger partial charge in [0.1, 0.15) is 10.7 Å². The molecule has 1 amide bonds. The highest BCUT2D eigenvalue weighted by atomic mass is 35.5. The second kappa shape index (κ2) is 10.5. The van der Waals surface area contributed by atoms with Gasteiger partial charge in [0.05, 0.1) is 17.4 Å². The number of piperidine rings is 1. The molecule has 9 nitrogen and oxygen atoms in total. The van der Waals surface area contributed by atoms with Crippen LogP contribution in [0.3, 0.4) is 0 Å². The standard InChI is InChI=1S/C25H29ClF2N6O3/c1-14(2)34-18-6-5-17(21(27)15(18)11-19(23(34)36)37-13-20(35)29-4)31-22-16(26)12-30-24(32-22)33-9-7-25(3,28)8-10-33/h5-6,11-12,14H,7-10,13H2,1-4H3,(H,29,35)(H,30,31,32). The Morgan fingerprint density at radius 2 is 2.00 bits per heavy atom. The topological polar surface area (TPSA) is 101 Å². The first-order chi connectivity index (χ1) is 17.5. The normalized spacial score (nSPS) is 15.2. The number of fused-ring (bicyclic) bond motifs is 1. The van der Waals surface area contributed by atoms with Gasteiger partial charge in [0, 0.05) is 31.6 Å². The molecule has 12 heteroatoms. The summed E-state index contributed by atoms with van der Waals surface area (Å²) in [5, 5.41) is 5.63. The number of halogens is 3. The number of hydrogen-bond acceptors (Lipinski definition) is 7. The summed E-state index contributed by atoms with van der Waals surface area (Å²) in [5.74, 6) is -0.674. The van der Waals surface area contributed by atoms with Crippen LogP contribution < -0.4 is 25.8 Å². The number of likely N-dealkylation sites (N-methyl/N-ethyl adjacent to an activating group) is 1. The molecule has 4 rings (SSSR count). The number of aromatic nitrogens is 3. The second-order valence-corrected chi connectivity index (χ2v) is 9.90. The first-order valence-electron chi connectivity index (χ1n) is 12.0. The lowest BCUT2D eigenvalue weighted by molar-refractivity contribution is -0.122. The van der Waals surface area contributed by atoms with Crippen LogP contribution in [0.5, 0.6) is 5.75 Å². The van der Waals surface area contributed by atoms with Gasteiger partial charge in [-0.2, -0.15) is 4.98 Å². The maximum absolute atomic E-state index is 15.8. The van der Waals surface area contributed by atoms with E-state index in [9.17, 15) is 14.0 Å². The Bertz CT molecular complexity index is 1390. The molecule has 0 bridgehead atoms. The number of hydrogen-bond donors (Lipinski definition) is 2. The molecule has 0 saturated carbocycles. The molecule has 1 saturated heterocycles. The summed E-state index contributed by atoms with van der Waals surface area (Å²) < 4.78 is 36.8. The van der Waals surface area contributed by atoms with Gasteiger partial charge in [-0.3, -0.25) is 9.59 Å². The van der Waals surface area contributed by atoms with E-state index in [0.29, 0.717) is 37.4 Å². The Labute approximate surface area is 217 Å². The number of pyridine rings is 1. The minimum atomic E-state index is -1.22. The predicted octanol–water partition coefficient (Wildman–Crippen LogP) is 4.36. The van der Waals surface area contributed by atoms with Crippen molar-refractivity contribution in [1.82, 2.24) is 19.9 Å². The number of carbonyl (C=O) groups excluding carboxylic acids is 1. The Morgan fingerprint density at radius 3 is 2.65 bits per heavy atom. The molecule has 0 unspecified atom stereocenters. The molecule has 1 aromatic carbocycles. The van der Waals surface area contributed by atoms with Crippen LogP contribution in [0.15, 0.2) is 29.2 Å². The monoisotopic (exact) mass is 534 g/mol. The zero-order valence-electron chi connectivity index (χ0n) is 21.1. The van der Waals surface area contributed by atoms with E-state index in [4.69, 9.17) is 16.3 Å². The first-order valence-corrected chi connectivity index (χ1v) is 12.3. The van der Waals surface area contributed by atoms with Crippen molar-refractivity contribution in [2.75, 3.05) is 37.0 Å². The third-order valence-electron chi connectivity index (χ3n) is 6.35. The Hall–Kier alpha value is -3.47. The van der Waals surface area contributed by atoms with E-state index in [2.05, 4.69) is 20.6 Å². The van der Waals surface area contributed by atoms with Gasteiger partial charge in [0.15, 0.2) is 24.0 Å². The average Bonchev–Trinajstić information content (AvgIpc) is 2.85. The molecule has 0 aliphatic carbocycles. The Balaban J connectivity index is 1.70. The number of alkyl halides is 1. The maximum atomic E-state index is 15.8. The summed E-state index contributed by atoms with van der Waals surface area (Å²) in [5.41, 5.74) is -1.26. The lowest BCUT2D eigenvalue weighted by Crippen LogP contribution is -2.40. The molecule has 198 valence electrons. The highest BCUT2D eigenvalue weighted by Gasteiger charge is 2.30. The summed E-state index contributed by atoms with van der Waals surface area (Å²) in [6.07, 6.45) is 2.11. The van der Waals surface area contributed by atoms with E-state index in [0.717, 1.165) is 0 Å². The molecule has 2 N–H and O–H groups in total. The lowest BCUT2D eigenvalue weighted by atomic mass is 9.96. The average molecular weight is 535 g/mol. The summed E-state index contributed by atoms with van der Waals surface area (Å²) in [4.78, 5) is 35.2. The van der Waals surface area contributed by atoms with Crippen molar-refractivity contribution in [1.29, 1.82) is 0 Å². The van der Waals surface area contributed by atoms with Gasteiger partial charge in [-0.25, -0.2) is 13.8 Å². The van der Waals surface area contributed by atoms with Gasteiger partial charge in [0.2, 0.25) is 5.95 Å². The zero-order valence-corrected chi connectivity index (χ0v) is 21.8. The van der Waals surface area contributed by atoms with E-state index in [1.165, 1.54) is 29.9 Å². The van der Waals surface area contributed by atoms with Crippen LogP contribution in [-0.2, 0) is 4.79 Å². The van der Waals surface area contributed by atoms with Crippen molar-refractivity contribution >= 4 is 45.9 Å². The van der Waals surface area contributed by atoms with Crippen molar-refractivity contribution in [2.45, 2.75) is 45.3 Å². The van der Waals surface area contributed by atoms with Gasteiger partial charge in [-0.05, 0) is 51.8 Å². The van der Waals surface area contributed by atoms with Crippen molar-refractivity contribution in [3.8, 4) is 5.75 Å². The van der Waals surface area contributed by atoms with Gasteiger partial charge in [-0.1, -0.05) is 11.6 Å². The molecule has 1 fully saturated rings. The number of benzene rings is 1. The van der Waals surface area contributed by atoms with Crippen LogP contribution in [0, 0.1) is 5.82 Å². The number of carbonyl (C=O) groups is 1. The fourth-order valence-corrected chi connectivity index (χ4v) is 4.32. The summed E-state index contributed by atoms with van der Waals surface area (Å²) in [7, 11) is 1.45. The van der Waals surface area contributed by atoms with Crippen molar-refractivity contribution in [3.63, 3.8) is 0 Å². The fourth-order valence-electron chi connectivity index (χ4n) is 4.18. The minimum Gasteiger partial charge on any atom is -0.478 e. The lowest BCUT2D eigenvalue weighted by Gasteiger charge is -2.34. The van der Waals surface area contributed by atoms with Crippen LogP contribution >= 0.6 is 11.6 Å². The minimum absolute atomic E-state index is 0.0697. The Kier molecular flexibility index (Phi) is 7.54. The molecule has 2 aromatic heterocycles. The van der Waals surface area contributed by atoms with E-state index >= 15 is 4.39 Å². The van der Waals surface area contributed by atoms with Gasteiger partial charge in [0.25, 0.3) is 11.5 Å². The van der Waals surface area contributed by atoms with Crippen molar-refractivity contribution in [3.05, 3.63) is 45.6 Å². The zero-order chi connectivity index (χ0) is 26.9. The number of ether oxygens (including phenoxy) is 1. The number of nitrogens with zero attached hydrogens (tertiary/aromatic N) is 4. The first kappa shape index (κ1) is 26.6. The number of anilines is 3. The van der Waals surface area contributed by atoms with E-state index in [-0.39, 0.29) is 40.3 Å². The molecular weight excluding hydrogens is 506 g/mol. The number of nitrogens with one attached hydrogen (secondary N) is 2. The quantitative estimate of drug-likeness (QED) is 0.464. The van der Waals surface area contributed by atoms with Crippen LogP contribution in [0.25, 0.3) is 10.9 Å². The second-order valence-electron chi connectivity index (χ2n) is 9.49. The molecule has 0 spiro atoms. The fraction of sp³-hybridized carbons (Fsp3) is 0.440. The number of rotatable bonds is 7. The highest BCUT2D eigenvalue weighted by molar-refractivity contribution is 6.32. The third-order valence-corrected chi connectivity index (χ3v) is 6.63. The van der Waals surface area contributed by atoms with Gasteiger partial charge in [-0.15, -0.1) is 0 Å². The van der Waals surface area contributed by atoms with Gasteiger partial charge < -0.3 is 24.8 Å². The molecule has 3 heterocycles. The SMILES string of the molecule is CNC(=O)COc1cc2c(F)c(Nc3nc(N4CCC(C)(F)CC4)ncc3Cl)ccc2n(C(C)C)c1=O. The van der Waals surface area contributed by atoms with Crippen LogP contribution in [-0.4, -0.2) is 52.9 Å². The molecule has 0 radical (unpaired) electrons. The molecule has 0 atom stereocenters. The molecule has 1 aliphatic rings. The summed E-state index contributed by atoms with van der Waals surface area (Å²) in [6.45, 7) is 5.68. The largest absolute Gasteiger partial charge is 0.478 e. The van der Waals surface area contributed by atoms with Crippen LogP contribution in [0.1, 0.15) is 39.7 Å².